The van der Waals surface area contributed by atoms with Crippen LogP contribution in [0.5, 0.6) is 5.75 Å². The van der Waals surface area contributed by atoms with E-state index >= 15 is 0 Å². The van der Waals surface area contributed by atoms with Crippen LogP contribution >= 0.6 is 11.6 Å². The average Bonchev–Trinajstić information content (AvgIpc) is 2.39. The van der Waals surface area contributed by atoms with Gasteiger partial charge in [-0.2, -0.15) is 0 Å². The van der Waals surface area contributed by atoms with E-state index in [0.717, 1.165) is 17.1 Å². The molecule has 4 heteroatoms. The summed E-state index contributed by atoms with van der Waals surface area (Å²) in [5, 5.41) is 3.93. The molecule has 0 aliphatic rings. The Kier molecular flexibility index (Phi) is 4.31. The largest absolute Gasteiger partial charge is 0.492 e. The lowest BCUT2D eigenvalue weighted by Crippen LogP contribution is -2.11. The van der Waals surface area contributed by atoms with Crippen molar-refractivity contribution < 1.29 is 4.74 Å². The average molecular weight is 263 g/mol. The molecule has 0 bridgehead atoms. The van der Waals surface area contributed by atoms with Gasteiger partial charge in [0.1, 0.15) is 12.4 Å². The van der Waals surface area contributed by atoms with Gasteiger partial charge in [0.25, 0.3) is 0 Å². The van der Waals surface area contributed by atoms with E-state index in [1.807, 2.05) is 48.5 Å². The van der Waals surface area contributed by atoms with Crippen molar-refractivity contribution in [3.63, 3.8) is 0 Å². The second kappa shape index (κ2) is 6.17. The molecule has 94 valence electrons. The number of rotatable bonds is 5. The number of nitrogen functional groups attached to an aromatic ring is 1. The van der Waals surface area contributed by atoms with Crippen molar-refractivity contribution in [3.05, 3.63) is 53.6 Å². The summed E-state index contributed by atoms with van der Waals surface area (Å²) >= 11 is 6.02. The molecular formula is C14H15ClN2O. The van der Waals surface area contributed by atoms with E-state index in [4.69, 9.17) is 22.1 Å². The molecule has 18 heavy (non-hydrogen) atoms. The fourth-order valence-corrected chi connectivity index (χ4v) is 1.73. The standard InChI is InChI=1S/C14H15ClN2O/c15-13-3-1-2-4-14(13)17-9-10-18-12-7-5-11(16)6-8-12/h1-8,17H,9-10,16H2. The Morgan fingerprint density at radius 1 is 1.06 bits per heavy atom. The van der Waals surface area contributed by atoms with Crippen molar-refractivity contribution >= 4 is 23.0 Å². The smallest absolute Gasteiger partial charge is 0.119 e. The zero-order chi connectivity index (χ0) is 12.8. The van der Waals surface area contributed by atoms with Crippen LogP contribution in [0, 0.1) is 0 Å². The van der Waals surface area contributed by atoms with E-state index in [0.29, 0.717) is 18.2 Å². The van der Waals surface area contributed by atoms with E-state index in [2.05, 4.69) is 5.32 Å². The van der Waals surface area contributed by atoms with E-state index in [1.165, 1.54) is 0 Å². The zero-order valence-electron chi connectivity index (χ0n) is 9.90. The molecule has 3 nitrogen and oxygen atoms in total. The minimum Gasteiger partial charge on any atom is -0.492 e. The Balaban J connectivity index is 1.76. The van der Waals surface area contributed by atoms with Crippen molar-refractivity contribution in [1.29, 1.82) is 0 Å². The van der Waals surface area contributed by atoms with Gasteiger partial charge in [0.2, 0.25) is 0 Å². The van der Waals surface area contributed by atoms with Crippen LogP contribution in [0.4, 0.5) is 11.4 Å². The molecule has 0 aliphatic heterocycles. The topological polar surface area (TPSA) is 47.3 Å². The number of nitrogens with one attached hydrogen (secondary N) is 1. The maximum absolute atomic E-state index is 6.02. The van der Waals surface area contributed by atoms with Crippen LogP contribution in [0.2, 0.25) is 5.02 Å². The third-order valence-corrected chi connectivity index (χ3v) is 2.77. The van der Waals surface area contributed by atoms with Crippen molar-refractivity contribution in [2.75, 3.05) is 24.2 Å². The summed E-state index contributed by atoms with van der Waals surface area (Å²) in [6.45, 7) is 1.25. The lowest BCUT2D eigenvalue weighted by Gasteiger charge is -2.09. The minimum absolute atomic E-state index is 0.565. The van der Waals surface area contributed by atoms with Crippen LogP contribution in [0.3, 0.4) is 0 Å². The van der Waals surface area contributed by atoms with Gasteiger partial charge in [-0.3, -0.25) is 0 Å². The van der Waals surface area contributed by atoms with Gasteiger partial charge < -0.3 is 15.8 Å². The second-order valence-electron chi connectivity index (χ2n) is 3.82. The van der Waals surface area contributed by atoms with Gasteiger partial charge in [0.15, 0.2) is 0 Å². The molecule has 0 radical (unpaired) electrons. The molecule has 0 saturated heterocycles. The third kappa shape index (κ3) is 3.57. The Hall–Kier alpha value is -1.87. The first-order chi connectivity index (χ1) is 8.75. The number of nitrogens with two attached hydrogens (primary N) is 1. The Morgan fingerprint density at radius 3 is 2.50 bits per heavy atom. The molecule has 0 heterocycles. The second-order valence-corrected chi connectivity index (χ2v) is 4.23. The fourth-order valence-electron chi connectivity index (χ4n) is 1.52. The molecule has 0 fully saturated rings. The Bertz CT molecular complexity index is 499. The number of ether oxygens (including phenoxy) is 1. The van der Waals surface area contributed by atoms with Crippen LogP contribution in [0.15, 0.2) is 48.5 Å². The van der Waals surface area contributed by atoms with Crippen LogP contribution in [0.25, 0.3) is 0 Å². The molecule has 2 aromatic carbocycles. The first-order valence-corrected chi connectivity index (χ1v) is 6.10. The highest BCUT2D eigenvalue weighted by Crippen LogP contribution is 2.20. The Labute approximate surface area is 112 Å². The molecular weight excluding hydrogens is 248 g/mol. The highest BCUT2D eigenvalue weighted by Gasteiger charge is 1.97. The number of hydrogen-bond acceptors (Lipinski definition) is 3. The van der Waals surface area contributed by atoms with Crippen LogP contribution in [-0.4, -0.2) is 13.2 Å². The van der Waals surface area contributed by atoms with E-state index in [9.17, 15) is 0 Å². The number of halogens is 1. The summed E-state index contributed by atoms with van der Waals surface area (Å²) in [6, 6.07) is 15.0. The molecule has 0 saturated carbocycles. The van der Waals surface area contributed by atoms with Gasteiger partial charge in [-0.25, -0.2) is 0 Å². The molecule has 0 atom stereocenters. The number of benzene rings is 2. The number of hydrogen-bond donors (Lipinski definition) is 2. The van der Waals surface area contributed by atoms with Crippen molar-refractivity contribution in [3.8, 4) is 5.75 Å². The molecule has 2 aromatic rings. The highest BCUT2D eigenvalue weighted by atomic mass is 35.5. The molecule has 2 rings (SSSR count). The molecule has 0 unspecified atom stereocenters. The van der Waals surface area contributed by atoms with E-state index in [-0.39, 0.29) is 0 Å². The van der Waals surface area contributed by atoms with E-state index in [1.54, 1.807) is 0 Å². The normalized spacial score (nSPS) is 10.1. The van der Waals surface area contributed by atoms with Gasteiger partial charge in [0.05, 0.1) is 10.7 Å². The van der Waals surface area contributed by atoms with Crippen molar-refractivity contribution in [2.24, 2.45) is 0 Å². The molecule has 0 aromatic heterocycles. The van der Waals surface area contributed by atoms with Crippen molar-refractivity contribution in [2.45, 2.75) is 0 Å². The van der Waals surface area contributed by atoms with Crippen LogP contribution < -0.4 is 15.8 Å². The zero-order valence-corrected chi connectivity index (χ0v) is 10.7. The lowest BCUT2D eigenvalue weighted by atomic mass is 10.3. The SMILES string of the molecule is Nc1ccc(OCCNc2ccccc2Cl)cc1. The maximum atomic E-state index is 6.02. The first kappa shape index (κ1) is 12.6. The van der Waals surface area contributed by atoms with Gasteiger partial charge in [-0.05, 0) is 36.4 Å². The predicted octanol–water partition coefficient (Wildman–Crippen LogP) is 3.41. The lowest BCUT2D eigenvalue weighted by molar-refractivity contribution is 0.333. The van der Waals surface area contributed by atoms with Crippen LogP contribution in [-0.2, 0) is 0 Å². The first-order valence-electron chi connectivity index (χ1n) is 5.72. The van der Waals surface area contributed by atoms with Gasteiger partial charge in [-0.1, -0.05) is 23.7 Å². The molecule has 0 spiro atoms. The summed E-state index contributed by atoms with van der Waals surface area (Å²) in [5.41, 5.74) is 7.24. The highest BCUT2D eigenvalue weighted by molar-refractivity contribution is 6.33. The Morgan fingerprint density at radius 2 is 1.78 bits per heavy atom. The summed E-state index contributed by atoms with van der Waals surface area (Å²) in [7, 11) is 0. The number of para-hydroxylation sites is 1. The molecule has 0 amide bonds. The predicted molar refractivity (Wildman–Crippen MR) is 76.3 cm³/mol. The summed E-state index contributed by atoms with van der Waals surface area (Å²) < 4.78 is 5.56. The quantitative estimate of drug-likeness (QED) is 0.641. The molecule has 0 aliphatic carbocycles. The third-order valence-electron chi connectivity index (χ3n) is 2.44. The summed E-state index contributed by atoms with van der Waals surface area (Å²) in [6.07, 6.45) is 0. The maximum Gasteiger partial charge on any atom is 0.119 e. The van der Waals surface area contributed by atoms with Gasteiger partial charge >= 0.3 is 0 Å². The van der Waals surface area contributed by atoms with Crippen molar-refractivity contribution in [1.82, 2.24) is 0 Å². The van der Waals surface area contributed by atoms with Gasteiger partial charge in [-0.15, -0.1) is 0 Å². The monoisotopic (exact) mass is 262 g/mol. The van der Waals surface area contributed by atoms with Gasteiger partial charge in [0, 0.05) is 12.2 Å². The number of anilines is 2. The summed E-state index contributed by atoms with van der Waals surface area (Å²) in [4.78, 5) is 0. The minimum atomic E-state index is 0.565. The summed E-state index contributed by atoms with van der Waals surface area (Å²) in [5.74, 6) is 0.810. The molecule has 3 N–H and O–H groups in total. The van der Waals surface area contributed by atoms with Crippen LogP contribution in [0.1, 0.15) is 0 Å². The van der Waals surface area contributed by atoms with E-state index < -0.39 is 0 Å². The fraction of sp³-hybridized carbons (Fsp3) is 0.143.